The van der Waals surface area contributed by atoms with Gasteiger partial charge in [0.05, 0.1) is 36.7 Å². The highest BCUT2D eigenvalue weighted by Crippen LogP contribution is 2.36. The summed E-state index contributed by atoms with van der Waals surface area (Å²) in [5.74, 6) is 2.37. The monoisotopic (exact) mass is 636 g/mol. The van der Waals surface area contributed by atoms with E-state index >= 15 is 0 Å². The van der Waals surface area contributed by atoms with Crippen molar-refractivity contribution in [3.05, 3.63) is 157 Å². The lowest BCUT2D eigenvalue weighted by Gasteiger charge is -2.16. The third-order valence-corrected chi connectivity index (χ3v) is 7.44. The Morgan fingerprint density at radius 1 is 0.438 bits per heavy atom. The van der Waals surface area contributed by atoms with E-state index in [9.17, 15) is 9.59 Å². The fraction of sp³-hybridized carbons (Fsp3) is 0.0500. The largest absolute Gasteiger partial charge is 0.495 e. The quantitative estimate of drug-likeness (QED) is 0.147. The summed E-state index contributed by atoms with van der Waals surface area (Å²) in [6, 6.07) is 43.6. The van der Waals surface area contributed by atoms with Gasteiger partial charge in [-0.2, -0.15) is 0 Å². The van der Waals surface area contributed by atoms with Crippen LogP contribution in [0.2, 0.25) is 0 Å². The molecule has 8 heteroatoms. The van der Waals surface area contributed by atoms with Gasteiger partial charge in [0, 0.05) is 0 Å². The van der Waals surface area contributed by atoms with Crippen LogP contribution < -0.4 is 29.6 Å². The van der Waals surface area contributed by atoms with E-state index in [2.05, 4.69) is 10.6 Å². The van der Waals surface area contributed by atoms with Gasteiger partial charge in [0.15, 0.2) is 0 Å². The zero-order valence-electron chi connectivity index (χ0n) is 26.3. The number of hydrogen-bond donors (Lipinski definition) is 2. The topological polar surface area (TPSA) is 95.1 Å². The van der Waals surface area contributed by atoms with Gasteiger partial charge in [0.25, 0.3) is 11.8 Å². The molecule has 6 aromatic carbocycles. The summed E-state index contributed by atoms with van der Waals surface area (Å²) in [6.45, 7) is 0. The van der Waals surface area contributed by atoms with Gasteiger partial charge in [-0.05, 0) is 83.9 Å². The molecule has 0 aromatic heterocycles. The van der Waals surface area contributed by atoms with Crippen LogP contribution >= 0.6 is 0 Å². The number of rotatable bonds is 11. The Hall–Kier alpha value is -6.54. The molecule has 0 saturated carbocycles. The second-order valence-electron chi connectivity index (χ2n) is 10.6. The average molecular weight is 637 g/mol. The summed E-state index contributed by atoms with van der Waals surface area (Å²) in [5.41, 5.74) is 3.38. The Bertz CT molecular complexity index is 1900. The van der Waals surface area contributed by atoms with E-state index in [1.165, 1.54) is 0 Å². The fourth-order valence-corrected chi connectivity index (χ4v) is 5.04. The third kappa shape index (κ3) is 7.29. The lowest BCUT2D eigenvalue weighted by Crippen LogP contribution is -2.14. The maximum Gasteiger partial charge on any atom is 0.259 e. The van der Waals surface area contributed by atoms with Gasteiger partial charge in [-0.25, -0.2) is 0 Å². The zero-order chi connectivity index (χ0) is 33.3. The molecule has 6 aromatic rings. The molecular formula is C40H32N2O6. The summed E-state index contributed by atoms with van der Waals surface area (Å²) in [6.07, 6.45) is 0. The molecule has 0 aliphatic heterocycles. The van der Waals surface area contributed by atoms with E-state index in [1.54, 1.807) is 62.8 Å². The number of methoxy groups -OCH3 is 2. The molecule has 0 unspecified atom stereocenters. The van der Waals surface area contributed by atoms with Gasteiger partial charge >= 0.3 is 0 Å². The van der Waals surface area contributed by atoms with E-state index in [-0.39, 0.29) is 11.8 Å². The molecule has 0 radical (unpaired) electrons. The predicted octanol–water partition coefficient (Wildman–Crippen LogP) is 9.46. The minimum atomic E-state index is -0.343. The van der Waals surface area contributed by atoms with Gasteiger partial charge in [-0.15, -0.1) is 0 Å². The Morgan fingerprint density at radius 2 is 0.812 bits per heavy atom. The van der Waals surface area contributed by atoms with Crippen LogP contribution in [0.4, 0.5) is 11.4 Å². The standard InChI is InChI=1S/C40H32N2O6/c1-45-37-25-27(21-23-33(37)41-39(43)31-17-9-11-19-35(31)47-29-13-5-3-6-14-29)28-22-24-34(38(26-28)46-2)42-40(44)32-18-10-12-20-36(32)48-30-15-7-4-8-16-30/h3-26H,1-2H3,(H,41,43)(H,42,44). The summed E-state index contributed by atoms with van der Waals surface area (Å²) in [7, 11) is 3.08. The number of nitrogens with one attached hydrogen (secondary N) is 2. The average Bonchev–Trinajstić information content (AvgIpc) is 3.13. The number of carbonyl (C=O) groups excluding carboxylic acids is 2. The molecule has 48 heavy (non-hydrogen) atoms. The molecule has 8 nitrogen and oxygen atoms in total. The third-order valence-electron chi connectivity index (χ3n) is 7.44. The number of carbonyl (C=O) groups is 2. The maximum absolute atomic E-state index is 13.4. The Kier molecular flexibility index (Phi) is 9.63. The van der Waals surface area contributed by atoms with Crippen molar-refractivity contribution >= 4 is 23.2 Å². The first-order valence-corrected chi connectivity index (χ1v) is 15.2. The predicted molar refractivity (Wildman–Crippen MR) is 187 cm³/mol. The molecule has 2 N–H and O–H groups in total. The molecule has 0 aliphatic carbocycles. The number of anilines is 2. The highest BCUT2D eigenvalue weighted by molar-refractivity contribution is 6.08. The smallest absolute Gasteiger partial charge is 0.259 e. The molecule has 0 spiro atoms. The van der Waals surface area contributed by atoms with Crippen molar-refractivity contribution in [2.45, 2.75) is 0 Å². The molecule has 0 bridgehead atoms. The molecule has 2 amide bonds. The second kappa shape index (κ2) is 14.7. The van der Waals surface area contributed by atoms with E-state index in [0.717, 1.165) is 11.1 Å². The van der Waals surface area contributed by atoms with Crippen molar-refractivity contribution in [1.29, 1.82) is 0 Å². The molecule has 0 atom stereocenters. The van der Waals surface area contributed by atoms with Crippen LogP contribution in [0.1, 0.15) is 20.7 Å². The van der Waals surface area contributed by atoms with E-state index < -0.39 is 0 Å². The first-order chi connectivity index (χ1) is 23.5. The molecule has 0 fully saturated rings. The highest BCUT2D eigenvalue weighted by Gasteiger charge is 2.18. The minimum Gasteiger partial charge on any atom is -0.495 e. The van der Waals surface area contributed by atoms with Crippen molar-refractivity contribution in [3.8, 4) is 45.6 Å². The van der Waals surface area contributed by atoms with Gasteiger partial charge in [0.1, 0.15) is 34.5 Å². The van der Waals surface area contributed by atoms with Crippen LogP contribution in [-0.4, -0.2) is 26.0 Å². The lowest BCUT2D eigenvalue weighted by atomic mass is 10.0. The fourth-order valence-electron chi connectivity index (χ4n) is 5.04. The normalized spacial score (nSPS) is 10.5. The second-order valence-corrected chi connectivity index (χ2v) is 10.6. The van der Waals surface area contributed by atoms with Crippen LogP contribution in [0.25, 0.3) is 11.1 Å². The summed E-state index contributed by atoms with van der Waals surface area (Å²) in [5, 5.41) is 5.89. The number of amides is 2. The first kappa shape index (κ1) is 31.4. The highest BCUT2D eigenvalue weighted by atomic mass is 16.5. The van der Waals surface area contributed by atoms with E-state index in [4.69, 9.17) is 18.9 Å². The van der Waals surface area contributed by atoms with Crippen LogP contribution in [0, 0.1) is 0 Å². The number of ether oxygens (including phenoxy) is 4. The Labute approximate surface area is 278 Å². The van der Waals surface area contributed by atoms with Gasteiger partial charge in [0.2, 0.25) is 0 Å². The molecule has 0 heterocycles. The van der Waals surface area contributed by atoms with Crippen LogP contribution in [-0.2, 0) is 0 Å². The number of para-hydroxylation sites is 4. The SMILES string of the molecule is COc1cc(-c2ccc(NC(=O)c3ccccc3Oc3ccccc3)c(OC)c2)ccc1NC(=O)c1ccccc1Oc1ccccc1. The van der Waals surface area contributed by atoms with Crippen molar-refractivity contribution in [2.24, 2.45) is 0 Å². The van der Waals surface area contributed by atoms with Crippen molar-refractivity contribution in [1.82, 2.24) is 0 Å². The number of benzene rings is 6. The Balaban J connectivity index is 1.19. The number of hydrogen-bond acceptors (Lipinski definition) is 6. The molecule has 238 valence electrons. The van der Waals surface area contributed by atoms with Gasteiger partial charge < -0.3 is 29.6 Å². The van der Waals surface area contributed by atoms with Crippen LogP contribution in [0.5, 0.6) is 34.5 Å². The minimum absolute atomic E-state index is 0.343. The summed E-state index contributed by atoms with van der Waals surface area (Å²) in [4.78, 5) is 26.7. The zero-order valence-corrected chi connectivity index (χ0v) is 26.3. The molecule has 6 rings (SSSR count). The van der Waals surface area contributed by atoms with Gasteiger partial charge in [-0.3, -0.25) is 9.59 Å². The molecular weight excluding hydrogens is 604 g/mol. The van der Waals surface area contributed by atoms with Crippen LogP contribution in [0.3, 0.4) is 0 Å². The lowest BCUT2D eigenvalue weighted by molar-refractivity contribution is 0.101. The van der Waals surface area contributed by atoms with E-state index in [0.29, 0.717) is 57.0 Å². The van der Waals surface area contributed by atoms with Crippen LogP contribution in [0.15, 0.2) is 146 Å². The first-order valence-electron chi connectivity index (χ1n) is 15.2. The molecule has 0 saturated heterocycles. The Morgan fingerprint density at radius 3 is 1.21 bits per heavy atom. The van der Waals surface area contributed by atoms with Crippen molar-refractivity contribution < 1.29 is 28.5 Å². The summed E-state index contributed by atoms with van der Waals surface area (Å²) >= 11 is 0. The summed E-state index contributed by atoms with van der Waals surface area (Å²) < 4.78 is 23.3. The van der Waals surface area contributed by atoms with Crippen molar-refractivity contribution in [2.75, 3.05) is 24.9 Å². The maximum atomic E-state index is 13.4. The van der Waals surface area contributed by atoms with Crippen molar-refractivity contribution in [3.63, 3.8) is 0 Å². The van der Waals surface area contributed by atoms with E-state index in [1.807, 2.05) is 97.1 Å². The van der Waals surface area contributed by atoms with Gasteiger partial charge in [-0.1, -0.05) is 72.8 Å². The molecule has 0 aliphatic rings.